The summed E-state index contributed by atoms with van der Waals surface area (Å²) in [5.74, 6) is 0.528. The van der Waals surface area contributed by atoms with Crippen molar-refractivity contribution in [2.24, 2.45) is 5.73 Å². The molecule has 0 bridgehead atoms. The standard InChI is InChI=1S/C11H16N2O2/c1-2-9(12)8-13-11(14)15-10-6-4-3-5-7-10/h3-7,9H,2,8,12H2,1H3,(H,13,14). The topological polar surface area (TPSA) is 64.3 Å². The van der Waals surface area contributed by atoms with Gasteiger partial charge in [-0.1, -0.05) is 25.1 Å². The fraction of sp³-hybridized carbons (Fsp3) is 0.364. The summed E-state index contributed by atoms with van der Waals surface area (Å²) in [6, 6.07) is 8.89. The zero-order chi connectivity index (χ0) is 11.1. The number of hydrogen-bond donors (Lipinski definition) is 2. The first-order valence-electron chi connectivity index (χ1n) is 4.98. The third-order valence-electron chi connectivity index (χ3n) is 1.99. The van der Waals surface area contributed by atoms with Gasteiger partial charge in [0.25, 0.3) is 0 Å². The van der Waals surface area contributed by atoms with Gasteiger partial charge in [0.1, 0.15) is 5.75 Å². The first-order valence-corrected chi connectivity index (χ1v) is 4.98. The molecule has 0 saturated heterocycles. The molecule has 0 aliphatic rings. The van der Waals surface area contributed by atoms with E-state index in [-0.39, 0.29) is 6.04 Å². The van der Waals surface area contributed by atoms with Crippen LogP contribution in [0.1, 0.15) is 13.3 Å². The number of ether oxygens (including phenoxy) is 1. The number of carbonyl (C=O) groups excluding carboxylic acids is 1. The van der Waals surface area contributed by atoms with Crippen LogP contribution in [-0.4, -0.2) is 18.7 Å². The second kappa shape index (κ2) is 6.03. The zero-order valence-corrected chi connectivity index (χ0v) is 8.77. The lowest BCUT2D eigenvalue weighted by Gasteiger charge is -2.10. The number of carbonyl (C=O) groups is 1. The number of amides is 1. The molecule has 0 aliphatic heterocycles. The highest BCUT2D eigenvalue weighted by Gasteiger charge is 2.05. The number of benzene rings is 1. The van der Waals surface area contributed by atoms with Crippen molar-refractivity contribution >= 4 is 6.09 Å². The van der Waals surface area contributed by atoms with E-state index in [0.717, 1.165) is 6.42 Å². The first kappa shape index (κ1) is 11.5. The van der Waals surface area contributed by atoms with Crippen LogP contribution < -0.4 is 15.8 Å². The Balaban J connectivity index is 2.31. The smallest absolute Gasteiger partial charge is 0.410 e. The second-order valence-corrected chi connectivity index (χ2v) is 3.25. The summed E-state index contributed by atoms with van der Waals surface area (Å²) in [5.41, 5.74) is 5.64. The van der Waals surface area contributed by atoms with Gasteiger partial charge in [-0.15, -0.1) is 0 Å². The van der Waals surface area contributed by atoms with Crippen molar-refractivity contribution in [3.63, 3.8) is 0 Å². The van der Waals surface area contributed by atoms with Gasteiger partial charge < -0.3 is 15.8 Å². The predicted octanol–water partition coefficient (Wildman–Crippen LogP) is 1.51. The largest absolute Gasteiger partial charge is 0.412 e. The van der Waals surface area contributed by atoms with E-state index < -0.39 is 6.09 Å². The highest BCUT2D eigenvalue weighted by molar-refractivity contribution is 5.70. The van der Waals surface area contributed by atoms with Crippen LogP contribution in [-0.2, 0) is 0 Å². The van der Waals surface area contributed by atoms with Crippen LogP contribution in [0.15, 0.2) is 30.3 Å². The average Bonchev–Trinajstić information content (AvgIpc) is 2.27. The van der Waals surface area contributed by atoms with Crippen LogP contribution in [0.2, 0.25) is 0 Å². The van der Waals surface area contributed by atoms with Crippen molar-refractivity contribution in [3.8, 4) is 5.75 Å². The van der Waals surface area contributed by atoms with Gasteiger partial charge in [-0.25, -0.2) is 4.79 Å². The van der Waals surface area contributed by atoms with Crippen molar-refractivity contribution in [1.82, 2.24) is 5.32 Å². The molecule has 0 spiro atoms. The predicted molar refractivity (Wildman–Crippen MR) is 58.7 cm³/mol. The minimum Gasteiger partial charge on any atom is -0.410 e. The van der Waals surface area contributed by atoms with Crippen molar-refractivity contribution < 1.29 is 9.53 Å². The molecule has 1 unspecified atom stereocenters. The Morgan fingerprint density at radius 1 is 1.47 bits per heavy atom. The van der Waals surface area contributed by atoms with Crippen molar-refractivity contribution in [2.45, 2.75) is 19.4 Å². The van der Waals surface area contributed by atoms with Crippen LogP contribution in [0.3, 0.4) is 0 Å². The lowest BCUT2D eigenvalue weighted by atomic mass is 10.2. The Bertz CT molecular complexity index is 301. The van der Waals surface area contributed by atoms with E-state index in [1.165, 1.54) is 0 Å². The van der Waals surface area contributed by atoms with Crippen LogP contribution in [0, 0.1) is 0 Å². The van der Waals surface area contributed by atoms with E-state index in [0.29, 0.717) is 12.3 Å². The fourth-order valence-corrected chi connectivity index (χ4v) is 0.990. The van der Waals surface area contributed by atoms with Gasteiger partial charge in [0.2, 0.25) is 0 Å². The molecule has 1 amide bonds. The Morgan fingerprint density at radius 2 is 2.13 bits per heavy atom. The molecule has 15 heavy (non-hydrogen) atoms. The minimum atomic E-state index is -0.467. The summed E-state index contributed by atoms with van der Waals surface area (Å²) in [5, 5.41) is 2.60. The van der Waals surface area contributed by atoms with E-state index >= 15 is 0 Å². The van der Waals surface area contributed by atoms with Gasteiger partial charge >= 0.3 is 6.09 Å². The number of rotatable bonds is 4. The van der Waals surface area contributed by atoms with Crippen molar-refractivity contribution in [2.75, 3.05) is 6.54 Å². The van der Waals surface area contributed by atoms with Crippen LogP contribution in [0.4, 0.5) is 4.79 Å². The summed E-state index contributed by atoms with van der Waals surface area (Å²) in [7, 11) is 0. The average molecular weight is 208 g/mol. The molecule has 0 fully saturated rings. The monoisotopic (exact) mass is 208 g/mol. The number of nitrogens with one attached hydrogen (secondary N) is 1. The summed E-state index contributed by atoms with van der Waals surface area (Å²) < 4.78 is 5.00. The Hall–Kier alpha value is -1.55. The molecule has 3 N–H and O–H groups in total. The molecule has 82 valence electrons. The molecular formula is C11H16N2O2. The normalized spacial score (nSPS) is 11.9. The number of hydrogen-bond acceptors (Lipinski definition) is 3. The first-order chi connectivity index (χ1) is 7.22. The quantitative estimate of drug-likeness (QED) is 0.788. The molecule has 1 aromatic carbocycles. The molecule has 1 atom stereocenters. The molecule has 0 heterocycles. The van der Waals surface area contributed by atoms with Gasteiger partial charge in [-0.2, -0.15) is 0 Å². The number of nitrogens with two attached hydrogens (primary N) is 1. The highest BCUT2D eigenvalue weighted by atomic mass is 16.5. The van der Waals surface area contributed by atoms with E-state index in [4.69, 9.17) is 10.5 Å². The van der Waals surface area contributed by atoms with Gasteiger partial charge in [0.05, 0.1) is 0 Å². The lowest BCUT2D eigenvalue weighted by Crippen LogP contribution is -2.38. The van der Waals surface area contributed by atoms with Gasteiger partial charge in [0, 0.05) is 12.6 Å². The molecule has 1 aromatic rings. The van der Waals surface area contributed by atoms with Gasteiger partial charge in [-0.05, 0) is 18.6 Å². The van der Waals surface area contributed by atoms with E-state index in [2.05, 4.69) is 5.32 Å². The molecular weight excluding hydrogens is 192 g/mol. The molecule has 0 aliphatic carbocycles. The molecule has 0 aromatic heterocycles. The molecule has 4 nitrogen and oxygen atoms in total. The zero-order valence-electron chi connectivity index (χ0n) is 8.77. The SMILES string of the molecule is CCC(N)CNC(=O)Oc1ccccc1. The van der Waals surface area contributed by atoms with Crippen LogP contribution in [0.25, 0.3) is 0 Å². The maximum Gasteiger partial charge on any atom is 0.412 e. The fourth-order valence-electron chi connectivity index (χ4n) is 0.990. The minimum absolute atomic E-state index is 0.0201. The summed E-state index contributed by atoms with van der Waals surface area (Å²) >= 11 is 0. The highest BCUT2D eigenvalue weighted by Crippen LogP contribution is 2.07. The summed E-state index contributed by atoms with van der Waals surface area (Å²) in [4.78, 5) is 11.2. The maximum atomic E-state index is 11.2. The van der Waals surface area contributed by atoms with E-state index in [1.54, 1.807) is 24.3 Å². The van der Waals surface area contributed by atoms with Crippen LogP contribution >= 0.6 is 0 Å². The van der Waals surface area contributed by atoms with Crippen molar-refractivity contribution in [1.29, 1.82) is 0 Å². The number of para-hydroxylation sites is 1. The summed E-state index contributed by atoms with van der Waals surface area (Å²) in [6.45, 7) is 2.40. The Kier molecular flexibility index (Phi) is 4.63. The van der Waals surface area contributed by atoms with Gasteiger partial charge in [0.15, 0.2) is 0 Å². The molecule has 1 rings (SSSR count). The molecule has 4 heteroatoms. The molecule has 0 saturated carbocycles. The molecule has 0 radical (unpaired) electrons. The second-order valence-electron chi connectivity index (χ2n) is 3.25. The van der Waals surface area contributed by atoms with E-state index in [1.807, 2.05) is 13.0 Å². The Labute approximate surface area is 89.4 Å². The lowest BCUT2D eigenvalue weighted by molar-refractivity contribution is 0.199. The third-order valence-corrected chi connectivity index (χ3v) is 1.99. The van der Waals surface area contributed by atoms with Gasteiger partial charge in [-0.3, -0.25) is 0 Å². The third kappa shape index (κ3) is 4.46. The van der Waals surface area contributed by atoms with Crippen LogP contribution in [0.5, 0.6) is 5.75 Å². The van der Waals surface area contributed by atoms with E-state index in [9.17, 15) is 4.79 Å². The Morgan fingerprint density at radius 3 is 2.73 bits per heavy atom. The van der Waals surface area contributed by atoms with Crippen molar-refractivity contribution in [3.05, 3.63) is 30.3 Å². The summed E-state index contributed by atoms with van der Waals surface area (Å²) in [6.07, 6.45) is 0.358. The maximum absolute atomic E-state index is 11.2.